The van der Waals surface area contributed by atoms with Gasteiger partial charge in [-0.2, -0.15) is 4.31 Å². The Hall–Kier alpha value is -2.23. The third kappa shape index (κ3) is 4.40. The number of anilines is 1. The van der Waals surface area contributed by atoms with Gasteiger partial charge in [-0.15, -0.1) is 11.3 Å². The number of thiophene rings is 1. The van der Waals surface area contributed by atoms with Crippen molar-refractivity contribution in [2.24, 2.45) is 11.7 Å². The molecule has 7 nitrogen and oxygen atoms in total. The highest BCUT2D eigenvalue weighted by atomic mass is 32.2. The van der Waals surface area contributed by atoms with Crippen LogP contribution in [0, 0.1) is 5.92 Å². The van der Waals surface area contributed by atoms with Crippen molar-refractivity contribution in [1.29, 1.82) is 0 Å². The molecule has 1 aliphatic heterocycles. The second-order valence-electron chi connectivity index (χ2n) is 8.34. The average Bonchev–Trinajstić information content (AvgIpc) is 3.12. The maximum atomic E-state index is 12.9. The Labute approximate surface area is 186 Å². The lowest BCUT2D eigenvalue weighted by Crippen LogP contribution is -2.37. The van der Waals surface area contributed by atoms with Crippen LogP contribution in [0.15, 0.2) is 29.2 Å². The molecule has 3 N–H and O–H groups in total. The topological polar surface area (TPSA) is 110 Å². The summed E-state index contributed by atoms with van der Waals surface area (Å²) in [5, 5.41) is 3.29. The number of carbonyl (C=O) groups excluding carboxylic acids is 2. The normalized spacial score (nSPS) is 17.8. The van der Waals surface area contributed by atoms with Crippen LogP contribution in [0.4, 0.5) is 5.00 Å². The fraction of sp³-hybridized carbons (Fsp3) is 0.455. The summed E-state index contributed by atoms with van der Waals surface area (Å²) in [5.74, 6) is -0.394. The van der Waals surface area contributed by atoms with Gasteiger partial charge in [0.25, 0.3) is 11.8 Å². The van der Waals surface area contributed by atoms with Gasteiger partial charge in [-0.3, -0.25) is 9.59 Å². The van der Waals surface area contributed by atoms with Gasteiger partial charge in [0.15, 0.2) is 0 Å². The zero-order chi connectivity index (χ0) is 22.2. The highest BCUT2D eigenvalue weighted by Crippen LogP contribution is 2.38. The summed E-state index contributed by atoms with van der Waals surface area (Å²) in [6.07, 6.45) is 5.45. The minimum Gasteiger partial charge on any atom is -0.365 e. The molecule has 31 heavy (non-hydrogen) atoms. The molecule has 0 unspecified atom stereocenters. The predicted molar refractivity (Wildman–Crippen MR) is 121 cm³/mol. The number of nitrogens with one attached hydrogen (secondary N) is 1. The highest BCUT2D eigenvalue weighted by Gasteiger charge is 2.29. The summed E-state index contributed by atoms with van der Waals surface area (Å²) in [5.41, 5.74) is 7.28. The number of sulfonamides is 1. The van der Waals surface area contributed by atoms with Gasteiger partial charge < -0.3 is 11.1 Å². The molecule has 2 aromatic rings. The van der Waals surface area contributed by atoms with Gasteiger partial charge in [0, 0.05) is 23.5 Å². The van der Waals surface area contributed by atoms with Crippen molar-refractivity contribution in [3.05, 3.63) is 45.8 Å². The van der Waals surface area contributed by atoms with E-state index in [1.54, 1.807) is 0 Å². The number of primary amides is 1. The quantitative estimate of drug-likeness (QED) is 0.711. The molecule has 2 amide bonds. The molecule has 0 saturated carbocycles. The van der Waals surface area contributed by atoms with Gasteiger partial charge in [0.1, 0.15) is 5.00 Å². The Morgan fingerprint density at radius 1 is 1.10 bits per heavy atom. The van der Waals surface area contributed by atoms with Crippen LogP contribution >= 0.6 is 11.3 Å². The number of nitrogens with zero attached hydrogens (tertiary/aromatic N) is 1. The second-order valence-corrected chi connectivity index (χ2v) is 11.4. The van der Waals surface area contributed by atoms with Crippen molar-refractivity contribution in [2.75, 3.05) is 18.4 Å². The molecule has 2 heterocycles. The second kappa shape index (κ2) is 8.72. The molecule has 1 aliphatic carbocycles. The van der Waals surface area contributed by atoms with E-state index in [0.29, 0.717) is 35.1 Å². The number of piperidine rings is 1. The van der Waals surface area contributed by atoms with Gasteiger partial charge in [0.2, 0.25) is 10.0 Å². The van der Waals surface area contributed by atoms with Crippen molar-refractivity contribution < 1.29 is 18.0 Å². The number of carbonyl (C=O) groups is 2. The minimum atomic E-state index is -3.56. The Morgan fingerprint density at radius 2 is 1.74 bits per heavy atom. The molecule has 4 rings (SSSR count). The summed E-state index contributed by atoms with van der Waals surface area (Å²) < 4.78 is 27.3. The van der Waals surface area contributed by atoms with E-state index >= 15 is 0 Å². The monoisotopic (exact) mass is 461 g/mol. The van der Waals surface area contributed by atoms with Gasteiger partial charge in [0.05, 0.1) is 10.5 Å². The minimum absolute atomic E-state index is 0.183. The van der Waals surface area contributed by atoms with Gasteiger partial charge in [-0.05, 0) is 74.3 Å². The SMILES string of the molecule is CC1CCN(S(=O)(=O)c2ccc(C(=O)Nc3sc4c(c3C(N)=O)CCCC4)cc2)CC1. The summed E-state index contributed by atoms with van der Waals surface area (Å²) in [7, 11) is -3.56. The van der Waals surface area contributed by atoms with Crippen molar-refractivity contribution in [1.82, 2.24) is 4.31 Å². The van der Waals surface area contributed by atoms with Crippen LogP contribution in [0.25, 0.3) is 0 Å². The first-order chi connectivity index (χ1) is 14.8. The van der Waals surface area contributed by atoms with Crippen LogP contribution in [-0.4, -0.2) is 37.6 Å². The van der Waals surface area contributed by atoms with Crippen molar-refractivity contribution in [3.8, 4) is 0 Å². The predicted octanol–water partition coefficient (Wildman–Crippen LogP) is 3.40. The van der Waals surface area contributed by atoms with E-state index in [-0.39, 0.29) is 4.90 Å². The molecule has 0 spiro atoms. The molecule has 166 valence electrons. The van der Waals surface area contributed by atoms with Gasteiger partial charge in [-0.25, -0.2) is 8.42 Å². The Bertz CT molecular complexity index is 1100. The zero-order valence-electron chi connectivity index (χ0n) is 17.5. The zero-order valence-corrected chi connectivity index (χ0v) is 19.2. The van der Waals surface area contributed by atoms with E-state index in [9.17, 15) is 18.0 Å². The lowest BCUT2D eigenvalue weighted by atomic mass is 9.95. The van der Waals surface area contributed by atoms with Crippen LogP contribution in [0.2, 0.25) is 0 Å². The summed E-state index contributed by atoms with van der Waals surface area (Å²) >= 11 is 1.40. The van der Waals surface area contributed by atoms with Crippen LogP contribution in [0.3, 0.4) is 0 Å². The molecule has 1 aromatic heterocycles. The number of rotatable bonds is 5. The lowest BCUT2D eigenvalue weighted by molar-refractivity contribution is 0.100. The lowest BCUT2D eigenvalue weighted by Gasteiger charge is -2.29. The number of benzene rings is 1. The molecular weight excluding hydrogens is 434 g/mol. The Morgan fingerprint density at radius 3 is 2.39 bits per heavy atom. The molecule has 1 fully saturated rings. The molecular formula is C22H27N3O4S2. The summed E-state index contributed by atoms with van der Waals surface area (Å²) in [4.78, 5) is 26.1. The highest BCUT2D eigenvalue weighted by molar-refractivity contribution is 7.89. The van der Waals surface area contributed by atoms with Crippen molar-refractivity contribution in [3.63, 3.8) is 0 Å². The number of hydrogen-bond acceptors (Lipinski definition) is 5. The van der Waals surface area contributed by atoms with Crippen molar-refractivity contribution in [2.45, 2.75) is 50.3 Å². The van der Waals surface area contributed by atoms with Crippen LogP contribution in [0.1, 0.15) is 63.8 Å². The fourth-order valence-electron chi connectivity index (χ4n) is 4.24. The smallest absolute Gasteiger partial charge is 0.256 e. The maximum Gasteiger partial charge on any atom is 0.256 e. The standard InChI is InChI=1S/C22H27N3O4S2/c1-14-10-12-25(13-11-14)31(28,29)16-8-6-15(7-9-16)21(27)24-22-19(20(23)26)17-4-2-3-5-18(17)30-22/h6-9,14H,2-5,10-13H2,1H3,(H2,23,26)(H,24,27). The van der Waals surface area contributed by atoms with E-state index < -0.39 is 21.8 Å². The summed E-state index contributed by atoms with van der Waals surface area (Å²) in [6.45, 7) is 3.17. The number of aryl methyl sites for hydroxylation is 1. The molecule has 1 saturated heterocycles. The Balaban J connectivity index is 1.52. The van der Waals surface area contributed by atoms with E-state index in [0.717, 1.165) is 49.0 Å². The summed E-state index contributed by atoms with van der Waals surface area (Å²) in [6, 6.07) is 5.95. The van der Waals surface area contributed by atoms with E-state index in [4.69, 9.17) is 5.73 Å². The van der Waals surface area contributed by atoms with Gasteiger partial charge >= 0.3 is 0 Å². The number of fused-ring (bicyclic) bond motifs is 1. The molecule has 0 bridgehead atoms. The average molecular weight is 462 g/mol. The van der Waals surface area contributed by atoms with E-state index in [1.165, 1.54) is 39.9 Å². The maximum absolute atomic E-state index is 12.9. The van der Waals surface area contributed by atoms with Crippen LogP contribution in [0.5, 0.6) is 0 Å². The fourth-order valence-corrected chi connectivity index (χ4v) is 7.00. The first-order valence-corrected chi connectivity index (χ1v) is 12.9. The largest absolute Gasteiger partial charge is 0.365 e. The van der Waals surface area contributed by atoms with E-state index in [1.807, 2.05) is 0 Å². The van der Waals surface area contributed by atoms with E-state index in [2.05, 4.69) is 12.2 Å². The van der Waals surface area contributed by atoms with Crippen LogP contribution < -0.4 is 11.1 Å². The van der Waals surface area contributed by atoms with Crippen molar-refractivity contribution >= 4 is 38.2 Å². The molecule has 0 radical (unpaired) electrons. The molecule has 2 aliphatic rings. The van der Waals surface area contributed by atoms with Gasteiger partial charge in [-0.1, -0.05) is 6.92 Å². The first-order valence-electron chi connectivity index (χ1n) is 10.6. The Kier molecular flexibility index (Phi) is 6.18. The number of nitrogens with two attached hydrogens (primary N) is 1. The molecule has 9 heteroatoms. The van der Waals surface area contributed by atoms with Crippen LogP contribution in [-0.2, 0) is 22.9 Å². The third-order valence-corrected chi connectivity index (χ3v) is 9.26. The number of amides is 2. The molecule has 1 aromatic carbocycles. The number of hydrogen-bond donors (Lipinski definition) is 2. The third-order valence-electron chi connectivity index (χ3n) is 6.14. The first kappa shape index (κ1) is 22.0. The molecule has 0 atom stereocenters.